The van der Waals surface area contributed by atoms with Gasteiger partial charge in [-0.3, -0.25) is 9.89 Å². The van der Waals surface area contributed by atoms with Crippen LogP contribution in [0.5, 0.6) is 0 Å². The van der Waals surface area contributed by atoms with Crippen LogP contribution in [0.25, 0.3) is 0 Å². The van der Waals surface area contributed by atoms with Crippen LogP contribution in [0, 0.1) is 11.6 Å². The summed E-state index contributed by atoms with van der Waals surface area (Å²) in [5.41, 5.74) is 0.128. The van der Waals surface area contributed by atoms with Crippen molar-refractivity contribution in [1.29, 1.82) is 0 Å². The van der Waals surface area contributed by atoms with Gasteiger partial charge in [0.25, 0.3) is 0 Å². The molecule has 0 aliphatic heterocycles. The summed E-state index contributed by atoms with van der Waals surface area (Å²) in [5, 5.41) is 8.86. The maximum Gasteiger partial charge on any atom is 0.209 e. The molecule has 3 aromatic rings. The van der Waals surface area contributed by atoms with Crippen LogP contribution in [0.4, 0.5) is 8.78 Å². The minimum atomic E-state index is -1.03. The minimum absolute atomic E-state index is 0.128. The quantitative estimate of drug-likeness (QED) is 0.528. The van der Waals surface area contributed by atoms with E-state index in [4.69, 9.17) is 0 Å². The molecule has 0 saturated carbocycles. The topological polar surface area (TPSA) is 58.6 Å². The number of hydrogen-bond acceptors (Lipinski definition) is 5. The number of aromatic nitrogens is 3. The first-order chi connectivity index (χ1) is 11.5. The lowest BCUT2D eigenvalue weighted by Crippen LogP contribution is -2.14. The zero-order valence-electron chi connectivity index (χ0n) is 12.6. The molecule has 1 aromatic carbocycles. The molecule has 0 saturated heterocycles. The molecule has 2 aromatic heterocycles. The van der Waals surface area contributed by atoms with E-state index in [0.717, 1.165) is 17.0 Å². The van der Waals surface area contributed by atoms with E-state index in [0.29, 0.717) is 17.4 Å². The molecule has 8 heteroatoms. The Morgan fingerprint density at radius 3 is 2.88 bits per heavy atom. The number of thiophene rings is 1. The van der Waals surface area contributed by atoms with Crippen molar-refractivity contribution in [3.63, 3.8) is 0 Å². The highest BCUT2D eigenvalue weighted by atomic mass is 32.2. The normalized spacial score (nSPS) is 12.3. The summed E-state index contributed by atoms with van der Waals surface area (Å²) in [4.78, 5) is 17.8. The van der Waals surface area contributed by atoms with Gasteiger partial charge in [0.15, 0.2) is 17.4 Å². The Kier molecular flexibility index (Phi) is 5.06. The van der Waals surface area contributed by atoms with Crippen LogP contribution in [-0.2, 0) is 6.42 Å². The Morgan fingerprint density at radius 2 is 2.17 bits per heavy atom. The van der Waals surface area contributed by atoms with Crippen molar-refractivity contribution in [2.75, 3.05) is 0 Å². The molecule has 0 fully saturated rings. The fourth-order valence-corrected chi connectivity index (χ4v) is 3.61. The Labute approximate surface area is 145 Å². The number of aromatic amines is 1. The van der Waals surface area contributed by atoms with E-state index in [2.05, 4.69) is 15.2 Å². The van der Waals surface area contributed by atoms with E-state index in [1.807, 2.05) is 17.5 Å². The fourth-order valence-electron chi connectivity index (χ4n) is 2.08. The van der Waals surface area contributed by atoms with E-state index >= 15 is 0 Å². The summed E-state index contributed by atoms with van der Waals surface area (Å²) in [7, 11) is 0. The number of H-pyrrole nitrogens is 1. The number of hydrogen-bond donors (Lipinski definition) is 1. The predicted molar refractivity (Wildman–Crippen MR) is 89.5 cm³/mol. The molecule has 0 amide bonds. The second-order valence-electron chi connectivity index (χ2n) is 5.07. The van der Waals surface area contributed by atoms with Crippen LogP contribution in [0.15, 0.2) is 40.9 Å². The van der Waals surface area contributed by atoms with Crippen LogP contribution in [0.1, 0.15) is 28.0 Å². The van der Waals surface area contributed by atoms with Crippen molar-refractivity contribution in [1.82, 2.24) is 15.2 Å². The average Bonchev–Trinajstić information content (AvgIpc) is 3.22. The molecule has 3 rings (SSSR count). The summed E-state index contributed by atoms with van der Waals surface area (Å²) in [5.74, 6) is -1.59. The monoisotopic (exact) mass is 365 g/mol. The highest BCUT2D eigenvalue weighted by Gasteiger charge is 2.20. The predicted octanol–water partition coefficient (Wildman–Crippen LogP) is 4.10. The van der Waals surface area contributed by atoms with Crippen molar-refractivity contribution < 1.29 is 13.6 Å². The van der Waals surface area contributed by atoms with Gasteiger partial charge in [0.1, 0.15) is 5.82 Å². The number of carbonyl (C=O) groups is 1. The number of halogens is 2. The summed E-state index contributed by atoms with van der Waals surface area (Å²) >= 11 is 2.80. The van der Waals surface area contributed by atoms with Gasteiger partial charge >= 0.3 is 0 Å². The third kappa shape index (κ3) is 3.88. The molecule has 4 nitrogen and oxygen atoms in total. The van der Waals surface area contributed by atoms with Crippen LogP contribution >= 0.6 is 23.1 Å². The fraction of sp³-hybridized carbons (Fsp3) is 0.188. The van der Waals surface area contributed by atoms with Crippen molar-refractivity contribution in [3.8, 4) is 0 Å². The van der Waals surface area contributed by atoms with E-state index < -0.39 is 16.9 Å². The van der Waals surface area contributed by atoms with E-state index in [-0.39, 0.29) is 11.3 Å². The number of ketones is 1. The number of rotatable bonds is 6. The number of Topliss-reactive ketones (excluding diaryl/α,β-unsaturated/α-hetero) is 1. The van der Waals surface area contributed by atoms with E-state index in [1.165, 1.54) is 17.8 Å². The third-order valence-electron chi connectivity index (χ3n) is 3.29. The van der Waals surface area contributed by atoms with E-state index in [1.54, 1.807) is 18.3 Å². The molecule has 124 valence electrons. The Bertz CT molecular complexity index is 849. The third-order valence-corrected chi connectivity index (χ3v) is 5.13. The van der Waals surface area contributed by atoms with Gasteiger partial charge in [-0.2, -0.15) is 0 Å². The van der Waals surface area contributed by atoms with Crippen LogP contribution in [0.3, 0.4) is 0 Å². The molecule has 1 N–H and O–H groups in total. The summed E-state index contributed by atoms with van der Waals surface area (Å²) in [6, 6.07) is 7.11. The highest BCUT2D eigenvalue weighted by Crippen LogP contribution is 2.24. The maximum atomic E-state index is 13.3. The summed E-state index contributed by atoms with van der Waals surface area (Å²) in [6.45, 7) is 1.68. The molecular weight excluding hydrogens is 352 g/mol. The lowest BCUT2D eigenvalue weighted by Gasteiger charge is -2.08. The zero-order chi connectivity index (χ0) is 17.1. The number of thioether (sulfide) groups is 1. The number of benzene rings is 1. The number of nitrogens with zero attached hydrogens (tertiary/aromatic N) is 2. The van der Waals surface area contributed by atoms with Gasteiger partial charge in [0, 0.05) is 16.9 Å². The van der Waals surface area contributed by atoms with Gasteiger partial charge < -0.3 is 0 Å². The Morgan fingerprint density at radius 1 is 1.33 bits per heavy atom. The molecule has 24 heavy (non-hydrogen) atoms. The summed E-state index contributed by atoms with van der Waals surface area (Å²) < 4.78 is 26.2. The average molecular weight is 365 g/mol. The van der Waals surface area contributed by atoms with Gasteiger partial charge in [-0.25, -0.2) is 13.8 Å². The van der Waals surface area contributed by atoms with Gasteiger partial charge in [0.05, 0.1) is 5.25 Å². The SMILES string of the molecule is CC(Sc1n[nH]c(Cc2cccs2)n1)C(=O)c1ccc(F)c(F)c1. The molecule has 1 unspecified atom stereocenters. The molecular formula is C16H13F2N3OS2. The number of carbonyl (C=O) groups excluding carboxylic acids is 1. The second kappa shape index (κ2) is 7.23. The van der Waals surface area contributed by atoms with Crippen LogP contribution in [-0.4, -0.2) is 26.2 Å². The zero-order valence-corrected chi connectivity index (χ0v) is 14.3. The lowest BCUT2D eigenvalue weighted by atomic mass is 10.1. The molecule has 0 spiro atoms. The van der Waals surface area contributed by atoms with Crippen molar-refractivity contribution in [2.24, 2.45) is 0 Å². The molecule has 0 bridgehead atoms. The molecule has 0 aliphatic carbocycles. The second-order valence-corrected chi connectivity index (χ2v) is 7.41. The molecule has 0 radical (unpaired) electrons. The van der Waals surface area contributed by atoms with E-state index in [9.17, 15) is 13.6 Å². The first-order valence-corrected chi connectivity index (χ1v) is 8.88. The Hall–Kier alpha value is -2.06. The molecule has 0 aliphatic rings. The van der Waals surface area contributed by atoms with Crippen LogP contribution in [0.2, 0.25) is 0 Å². The van der Waals surface area contributed by atoms with Crippen molar-refractivity contribution >= 4 is 28.9 Å². The first kappa shape index (κ1) is 16.8. The van der Waals surface area contributed by atoms with Gasteiger partial charge in [-0.05, 0) is 36.6 Å². The molecule has 2 heterocycles. The van der Waals surface area contributed by atoms with Crippen molar-refractivity contribution in [2.45, 2.75) is 23.8 Å². The largest absolute Gasteiger partial charge is 0.293 e. The van der Waals surface area contributed by atoms with Gasteiger partial charge in [-0.1, -0.05) is 17.8 Å². The smallest absolute Gasteiger partial charge is 0.209 e. The lowest BCUT2D eigenvalue weighted by molar-refractivity contribution is 0.0993. The first-order valence-electron chi connectivity index (χ1n) is 7.12. The van der Waals surface area contributed by atoms with Crippen molar-refractivity contribution in [3.05, 3.63) is 63.6 Å². The number of nitrogens with one attached hydrogen (secondary N) is 1. The maximum absolute atomic E-state index is 13.3. The Balaban J connectivity index is 1.65. The van der Waals surface area contributed by atoms with Gasteiger partial charge in [-0.15, -0.1) is 16.4 Å². The standard InChI is InChI=1S/C16H13F2N3OS2/c1-9(15(22)10-4-5-12(17)13(18)7-10)24-16-19-14(20-21-16)8-11-3-2-6-23-11/h2-7,9H,8H2,1H3,(H,19,20,21). The minimum Gasteiger partial charge on any atom is -0.293 e. The highest BCUT2D eigenvalue weighted by molar-refractivity contribution is 8.00. The molecule has 1 atom stereocenters. The van der Waals surface area contributed by atoms with Crippen LogP contribution < -0.4 is 0 Å². The van der Waals surface area contributed by atoms with Gasteiger partial charge in [0.2, 0.25) is 5.16 Å². The summed E-state index contributed by atoms with van der Waals surface area (Å²) in [6.07, 6.45) is 0.650.